The number of benzene rings is 1. The third kappa shape index (κ3) is 3.43. The Morgan fingerprint density at radius 1 is 1.56 bits per heavy atom. The Morgan fingerprint density at radius 2 is 2.22 bits per heavy atom. The molecule has 0 saturated carbocycles. The van der Waals surface area contributed by atoms with Crippen molar-refractivity contribution in [1.82, 2.24) is 4.72 Å². The van der Waals surface area contributed by atoms with E-state index < -0.39 is 16.1 Å². The topological polar surface area (TPSA) is 90.2 Å². The maximum Gasteiger partial charge on any atom is 0.240 e. The lowest BCUT2D eigenvalue weighted by molar-refractivity contribution is 0.254. The Bertz CT molecular complexity index is 562. The van der Waals surface area contributed by atoms with Crippen molar-refractivity contribution in [1.29, 1.82) is 5.26 Å². The van der Waals surface area contributed by atoms with Crippen molar-refractivity contribution in [3.8, 4) is 6.07 Å². The van der Waals surface area contributed by atoms with Gasteiger partial charge < -0.3 is 5.11 Å². The average Bonchev–Trinajstić information content (AvgIpc) is 2.35. The second-order valence-electron chi connectivity index (χ2n) is 3.66. The van der Waals surface area contributed by atoms with Crippen LogP contribution < -0.4 is 4.72 Å². The molecular formula is C11H13ClN2O3S. The molecule has 0 bridgehead atoms. The highest BCUT2D eigenvalue weighted by Gasteiger charge is 2.19. The summed E-state index contributed by atoms with van der Waals surface area (Å²) in [6.45, 7) is 1.48. The predicted molar refractivity (Wildman–Crippen MR) is 67.7 cm³/mol. The monoisotopic (exact) mass is 288 g/mol. The number of halogens is 1. The van der Waals surface area contributed by atoms with Crippen LogP contribution in [0.2, 0.25) is 5.02 Å². The standard InChI is InChI=1S/C11H13ClN2O3S/c1-2-9(7-15)14-18(16,17)10-4-3-8(6-13)11(12)5-10/h3-5,9,14-15H,2,7H2,1H3/t9-/m0/s1. The number of hydrogen-bond acceptors (Lipinski definition) is 4. The zero-order valence-corrected chi connectivity index (χ0v) is 11.3. The Morgan fingerprint density at radius 3 is 2.67 bits per heavy atom. The van der Waals surface area contributed by atoms with Gasteiger partial charge in [0.1, 0.15) is 6.07 Å². The highest BCUT2D eigenvalue weighted by Crippen LogP contribution is 2.20. The van der Waals surface area contributed by atoms with Crippen LogP contribution in [0.1, 0.15) is 18.9 Å². The van der Waals surface area contributed by atoms with Crippen LogP contribution in [0.15, 0.2) is 23.1 Å². The molecule has 0 unspecified atom stereocenters. The summed E-state index contributed by atoms with van der Waals surface area (Å²) in [4.78, 5) is -0.0293. The maximum atomic E-state index is 11.9. The molecule has 5 nitrogen and oxygen atoms in total. The van der Waals surface area contributed by atoms with Crippen molar-refractivity contribution < 1.29 is 13.5 Å². The number of aliphatic hydroxyl groups is 1. The minimum atomic E-state index is -3.74. The smallest absolute Gasteiger partial charge is 0.240 e. The molecule has 1 rings (SSSR count). The Hall–Kier alpha value is -1.13. The van der Waals surface area contributed by atoms with E-state index in [1.54, 1.807) is 6.92 Å². The summed E-state index contributed by atoms with van der Waals surface area (Å²) in [6.07, 6.45) is 0.472. The van der Waals surface area contributed by atoms with Gasteiger partial charge in [-0.05, 0) is 24.6 Å². The summed E-state index contributed by atoms with van der Waals surface area (Å²) in [6, 6.07) is 5.17. The average molecular weight is 289 g/mol. The number of rotatable bonds is 5. The Balaban J connectivity index is 3.06. The number of aliphatic hydroxyl groups excluding tert-OH is 1. The number of nitrogens with zero attached hydrogens (tertiary/aromatic N) is 1. The molecule has 0 aliphatic heterocycles. The van der Waals surface area contributed by atoms with E-state index >= 15 is 0 Å². The van der Waals surface area contributed by atoms with Gasteiger partial charge in [0.05, 0.1) is 22.1 Å². The van der Waals surface area contributed by atoms with Crippen LogP contribution in [0.4, 0.5) is 0 Å². The minimum absolute atomic E-state index is 0.0293. The summed E-state index contributed by atoms with van der Waals surface area (Å²) >= 11 is 5.78. The lowest BCUT2D eigenvalue weighted by Crippen LogP contribution is -2.36. The van der Waals surface area contributed by atoms with Gasteiger partial charge in [0.25, 0.3) is 0 Å². The van der Waals surface area contributed by atoms with Gasteiger partial charge in [0, 0.05) is 6.04 Å². The number of sulfonamides is 1. The Kier molecular flexibility index (Phi) is 5.11. The molecule has 0 fully saturated rings. The summed E-state index contributed by atoms with van der Waals surface area (Å²) in [5.41, 5.74) is 0.213. The normalized spacial score (nSPS) is 13.0. The van der Waals surface area contributed by atoms with Crippen molar-refractivity contribution in [2.24, 2.45) is 0 Å². The van der Waals surface area contributed by atoms with Crippen molar-refractivity contribution in [3.05, 3.63) is 28.8 Å². The fourth-order valence-corrected chi connectivity index (χ4v) is 2.91. The van der Waals surface area contributed by atoms with Crippen molar-refractivity contribution in [3.63, 3.8) is 0 Å². The molecule has 0 amide bonds. The SMILES string of the molecule is CC[C@@H](CO)NS(=O)(=O)c1ccc(C#N)c(Cl)c1. The van der Waals surface area contributed by atoms with E-state index in [-0.39, 0.29) is 22.1 Å². The molecule has 0 spiro atoms. The zero-order valence-electron chi connectivity index (χ0n) is 9.72. The van der Waals surface area contributed by atoms with Gasteiger partial charge in [-0.15, -0.1) is 0 Å². The van der Waals surface area contributed by atoms with Gasteiger partial charge in [-0.3, -0.25) is 0 Å². The van der Waals surface area contributed by atoms with Crippen LogP contribution in [-0.2, 0) is 10.0 Å². The van der Waals surface area contributed by atoms with Crippen LogP contribution >= 0.6 is 11.6 Å². The van der Waals surface area contributed by atoms with E-state index in [0.717, 1.165) is 0 Å². The quantitative estimate of drug-likeness (QED) is 0.853. The largest absolute Gasteiger partial charge is 0.395 e. The molecule has 1 atom stereocenters. The summed E-state index contributed by atoms with van der Waals surface area (Å²) < 4.78 is 26.3. The molecule has 0 aromatic heterocycles. The summed E-state index contributed by atoms with van der Waals surface area (Å²) in [5.74, 6) is 0. The van der Waals surface area contributed by atoms with Crippen molar-refractivity contribution >= 4 is 21.6 Å². The van der Waals surface area contributed by atoms with Crippen LogP contribution in [0.25, 0.3) is 0 Å². The van der Waals surface area contributed by atoms with Gasteiger partial charge in [-0.1, -0.05) is 18.5 Å². The fourth-order valence-electron chi connectivity index (χ4n) is 1.29. The first-order valence-electron chi connectivity index (χ1n) is 5.27. The van der Waals surface area contributed by atoms with E-state index in [9.17, 15) is 8.42 Å². The maximum absolute atomic E-state index is 11.9. The molecule has 7 heteroatoms. The lowest BCUT2D eigenvalue weighted by atomic mass is 10.2. The molecular weight excluding hydrogens is 276 g/mol. The van der Waals surface area contributed by atoms with Crippen LogP contribution in [0.3, 0.4) is 0 Å². The molecule has 0 radical (unpaired) electrons. The number of hydrogen-bond donors (Lipinski definition) is 2. The molecule has 0 saturated heterocycles. The molecule has 18 heavy (non-hydrogen) atoms. The molecule has 1 aromatic rings. The highest BCUT2D eigenvalue weighted by atomic mass is 35.5. The number of nitrogens with one attached hydrogen (secondary N) is 1. The Labute approximate surface area is 111 Å². The molecule has 0 aliphatic carbocycles. The lowest BCUT2D eigenvalue weighted by Gasteiger charge is -2.14. The molecule has 0 heterocycles. The van der Waals surface area contributed by atoms with Gasteiger partial charge in [0.15, 0.2) is 0 Å². The minimum Gasteiger partial charge on any atom is -0.395 e. The van der Waals surface area contributed by atoms with Gasteiger partial charge in [-0.2, -0.15) is 5.26 Å². The van der Waals surface area contributed by atoms with Crippen molar-refractivity contribution in [2.45, 2.75) is 24.3 Å². The fraction of sp³-hybridized carbons (Fsp3) is 0.364. The predicted octanol–water partition coefficient (Wildman–Crippen LogP) is 1.26. The first-order valence-corrected chi connectivity index (χ1v) is 7.13. The molecule has 98 valence electrons. The zero-order chi connectivity index (χ0) is 13.8. The molecule has 0 aliphatic rings. The van der Waals surface area contributed by atoms with Crippen LogP contribution in [0, 0.1) is 11.3 Å². The van der Waals surface area contributed by atoms with E-state index in [0.29, 0.717) is 6.42 Å². The van der Waals surface area contributed by atoms with Gasteiger partial charge >= 0.3 is 0 Å². The second-order valence-corrected chi connectivity index (χ2v) is 5.78. The van der Waals surface area contributed by atoms with E-state index in [1.807, 2.05) is 6.07 Å². The summed E-state index contributed by atoms with van der Waals surface area (Å²) in [5, 5.41) is 17.8. The third-order valence-corrected chi connectivity index (χ3v) is 4.24. The van der Waals surface area contributed by atoms with Crippen LogP contribution in [-0.4, -0.2) is 26.2 Å². The number of nitriles is 1. The second kappa shape index (κ2) is 6.16. The van der Waals surface area contributed by atoms with E-state index in [1.165, 1.54) is 18.2 Å². The summed E-state index contributed by atoms with van der Waals surface area (Å²) in [7, 11) is -3.74. The molecule has 2 N–H and O–H groups in total. The van der Waals surface area contributed by atoms with Crippen LogP contribution in [0.5, 0.6) is 0 Å². The first kappa shape index (κ1) is 14.9. The molecule has 1 aromatic carbocycles. The first-order chi connectivity index (χ1) is 8.44. The highest BCUT2D eigenvalue weighted by molar-refractivity contribution is 7.89. The van der Waals surface area contributed by atoms with Gasteiger partial charge in [0.2, 0.25) is 10.0 Å². The van der Waals surface area contributed by atoms with E-state index in [4.69, 9.17) is 22.0 Å². The van der Waals surface area contributed by atoms with Crippen molar-refractivity contribution in [2.75, 3.05) is 6.61 Å². The van der Waals surface area contributed by atoms with Gasteiger partial charge in [-0.25, -0.2) is 13.1 Å². The van der Waals surface area contributed by atoms with E-state index in [2.05, 4.69) is 4.72 Å². The third-order valence-electron chi connectivity index (χ3n) is 2.41.